The monoisotopic (exact) mass is 347 g/mol. The number of carbonyl (C=O) groups excluding carboxylic acids is 1. The number of hydrogen-bond donors (Lipinski definition) is 0. The highest BCUT2D eigenvalue weighted by atomic mass is 16.6. The van der Waals surface area contributed by atoms with E-state index in [4.69, 9.17) is 4.74 Å². The SMILES string of the molecule is CCN(C(=O)OC(C)(C)C)c1ccc([C@@H]2CCCCN2C(C)C)cn1. The highest BCUT2D eigenvalue weighted by Crippen LogP contribution is 2.32. The Labute approximate surface area is 152 Å². The van der Waals surface area contributed by atoms with Crippen molar-refractivity contribution in [1.82, 2.24) is 9.88 Å². The number of amides is 1. The van der Waals surface area contributed by atoms with Crippen molar-refractivity contribution in [1.29, 1.82) is 0 Å². The molecule has 1 atom stereocenters. The predicted octanol–water partition coefficient (Wildman–Crippen LogP) is 4.78. The fourth-order valence-corrected chi connectivity index (χ4v) is 3.39. The average Bonchev–Trinajstić information content (AvgIpc) is 2.54. The van der Waals surface area contributed by atoms with Gasteiger partial charge in [-0.15, -0.1) is 0 Å². The number of anilines is 1. The van der Waals surface area contributed by atoms with E-state index in [1.54, 1.807) is 4.90 Å². The minimum absolute atomic E-state index is 0.350. The summed E-state index contributed by atoms with van der Waals surface area (Å²) in [5, 5.41) is 0. The maximum Gasteiger partial charge on any atom is 0.415 e. The van der Waals surface area contributed by atoms with Gasteiger partial charge in [-0.25, -0.2) is 9.78 Å². The Kier molecular flexibility index (Phi) is 6.44. The topological polar surface area (TPSA) is 45.7 Å². The van der Waals surface area contributed by atoms with Crippen LogP contribution in [0.15, 0.2) is 18.3 Å². The van der Waals surface area contributed by atoms with Crippen LogP contribution in [0, 0.1) is 0 Å². The highest BCUT2D eigenvalue weighted by molar-refractivity contribution is 5.86. The zero-order valence-electron chi connectivity index (χ0n) is 16.6. The van der Waals surface area contributed by atoms with E-state index in [1.807, 2.05) is 40.0 Å². The fourth-order valence-electron chi connectivity index (χ4n) is 3.39. The van der Waals surface area contributed by atoms with Crippen LogP contribution >= 0.6 is 0 Å². The largest absolute Gasteiger partial charge is 0.443 e. The lowest BCUT2D eigenvalue weighted by molar-refractivity contribution is 0.0581. The van der Waals surface area contributed by atoms with Crippen molar-refractivity contribution in [2.24, 2.45) is 0 Å². The number of aromatic nitrogens is 1. The lowest BCUT2D eigenvalue weighted by atomic mass is 9.95. The number of nitrogens with zero attached hydrogens (tertiary/aromatic N) is 3. The van der Waals surface area contributed by atoms with E-state index in [-0.39, 0.29) is 6.09 Å². The van der Waals surface area contributed by atoms with E-state index in [2.05, 4.69) is 29.8 Å². The summed E-state index contributed by atoms with van der Waals surface area (Å²) in [5.74, 6) is 0.646. The first-order valence-corrected chi connectivity index (χ1v) is 9.45. The van der Waals surface area contributed by atoms with Gasteiger partial charge < -0.3 is 4.74 Å². The molecule has 1 aliphatic rings. The highest BCUT2D eigenvalue weighted by Gasteiger charge is 2.27. The predicted molar refractivity (Wildman–Crippen MR) is 102 cm³/mol. The average molecular weight is 348 g/mol. The summed E-state index contributed by atoms with van der Waals surface area (Å²) in [5.41, 5.74) is 0.724. The number of likely N-dealkylation sites (tertiary alicyclic amines) is 1. The summed E-state index contributed by atoms with van der Waals surface area (Å²) in [6.45, 7) is 13.7. The van der Waals surface area contributed by atoms with E-state index in [0.29, 0.717) is 24.4 Å². The molecule has 1 amide bonds. The molecule has 0 spiro atoms. The van der Waals surface area contributed by atoms with Gasteiger partial charge in [-0.2, -0.15) is 0 Å². The molecule has 25 heavy (non-hydrogen) atoms. The van der Waals surface area contributed by atoms with E-state index in [9.17, 15) is 4.79 Å². The van der Waals surface area contributed by atoms with Crippen LogP contribution in [0.1, 0.15) is 72.4 Å². The van der Waals surface area contributed by atoms with Gasteiger partial charge >= 0.3 is 6.09 Å². The molecule has 0 bridgehead atoms. The molecule has 1 aromatic rings. The van der Waals surface area contributed by atoms with E-state index in [0.717, 1.165) is 6.54 Å². The summed E-state index contributed by atoms with van der Waals surface area (Å²) in [6.07, 6.45) is 5.27. The minimum Gasteiger partial charge on any atom is -0.443 e. The lowest BCUT2D eigenvalue weighted by Crippen LogP contribution is -2.39. The molecule has 1 saturated heterocycles. The van der Waals surface area contributed by atoms with Crippen LogP contribution in [-0.2, 0) is 4.74 Å². The van der Waals surface area contributed by atoms with Crippen molar-refractivity contribution < 1.29 is 9.53 Å². The molecule has 2 rings (SSSR count). The standard InChI is InChI=1S/C20H33N3O2/c1-7-22(19(24)25-20(4,5)6)18-12-11-16(14-21-18)17-10-8-9-13-23(17)15(2)3/h11-12,14-15,17H,7-10,13H2,1-6H3/t17-/m0/s1. The van der Waals surface area contributed by atoms with Gasteiger partial charge in [0.05, 0.1) is 0 Å². The Morgan fingerprint density at radius 1 is 1.36 bits per heavy atom. The molecular weight excluding hydrogens is 314 g/mol. The van der Waals surface area contributed by atoms with Gasteiger partial charge in [0.25, 0.3) is 0 Å². The summed E-state index contributed by atoms with van der Waals surface area (Å²) in [6, 6.07) is 5.00. The number of rotatable bonds is 4. The van der Waals surface area contributed by atoms with Gasteiger partial charge in [0.2, 0.25) is 0 Å². The molecule has 1 aliphatic heterocycles. The first-order valence-electron chi connectivity index (χ1n) is 9.45. The molecule has 0 N–H and O–H groups in total. The first-order chi connectivity index (χ1) is 11.7. The molecule has 2 heterocycles. The smallest absolute Gasteiger partial charge is 0.415 e. The molecule has 5 heteroatoms. The molecule has 1 fully saturated rings. The first kappa shape index (κ1) is 19.7. The van der Waals surface area contributed by atoms with Crippen molar-refractivity contribution in [3.05, 3.63) is 23.9 Å². The molecule has 0 aromatic carbocycles. The summed E-state index contributed by atoms with van der Waals surface area (Å²) in [7, 11) is 0. The molecule has 0 radical (unpaired) electrons. The molecule has 0 unspecified atom stereocenters. The third kappa shape index (κ3) is 5.18. The molecule has 140 valence electrons. The van der Waals surface area contributed by atoms with Gasteiger partial charge in [0, 0.05) is 24.8 Å². The molecule has 1 aromatic heterocycles. The Morgan fingerprint density at radius 2 is 2.08 bits per heavy atom. The fraction of sp³-hybridized carbons (Fsp3) is 0.700. The molecule has 5 nitrogen and oxygen atoms in total. The Balaban J connectivity index is 2.16. The van der Waals surface area contributed by atoms with Crippen LogP contribution in [0.3, 0.4) is 0 Å². The van der Waals surface area contributed by atoms with Crippen LogP contribution in [0.4, 0.5) is 10.6 Å². The quantitative estimate of drug-likeness (QED) is 0.786. The lowest BCUT2D eigenvalue weighted by Gasteiger charge is -2.38. The normalized spacial score (nSPS) is 19.1. The van der Waals surface area contributed by atoms with Crippen molar-refractivity contribution in [2.45, 2.75) is 78.5 Å². The maximum absolute atomic E-state index is 12.4. The van der Waals surface area contributed by atoms with E-state index in [1.165, 1.54) is 24.8 Å². The number of ether oxygens (including phenoxy) is 1. The number of hydrogen-bond acceptors (Lipinski definition) is 4. The Hall–Kier alpha value is -1.62. The maximum atomic E-state index is 12.4. The van der Waals surface area contributed by atoms with Crippen molar-refractivity contribution in [2.75, 3.05) is 18.0 Å². The van der Waals surface area contributed by atoms with Crippen LogP contribution in [0.5, 0.6) is 0 Å². The van der Waals surface area contributed by atoms with Crippen molar-refractivity contribution in [3.8, 4) is 0 Å². The van der Waals surface area contributed by atoms with Gasteiger partial charge in [-0.3, -0.25) is 9.80 Å². The van der Waals surface area contributed by atoms with Gasteiger partial charge in [-0.05, 0) is 72.6 Å². The Morgan fingerprint density at radius 3 is 2.60 bits per heavy atom. The third-order valence-electron chi connectivity index (χ3n) is 4.57. The number of carbonyl (C=O) groups is 1. The van der Waals surface area contributed by atoms with E-state index >= 15 is 0 Å². The van der Waals surface area contributed by atoms with Crippen molar-refractivity contribution in [3.63, 3.8) is 0 Å². The number of pyridine rings is 1. The van der Waals surface area contributed by atoms with Gasteiger partial charge in [0.1, 0.15) is 11.4 Å². The second-order valence-electron chi connectivity index (χ2n) is 8.02. The molecule has 0 saturated carbocycles. The number of piperidine rings is 1. The zero-order valence-corrected chi connectivity index (χ0v) is 16.6. The van der Waals surface area contributed by atoms with Crippen LogP contribution in [-0.4, -0.2) is 40.7 Å². The molecular formula is C20H33N3O2. The second kappa shape index (κ2) is 8.17. The summed E-state index contributed by atoms with van der Waals surface area (Å²) in [4.78, 5) is 21.1. The second-order valence-corrected chi connectivity index (χ2v) is 8.02. The minimum atomic E-state index is -0.510. The zero-order chi connectivity index (χ0) is 18.6. The summed E-state index contributed by atoms with van der Waals surface area (Å²) >= 11 is 0. The van der Waals surface area contributed by atoms with Gasteiger partial charge in [-0.1, -0.05) is 12.5 Å². The molecule has 0 aliphatic carbocycles. The van der Waals surface area contributed by atoms with Crippen LogP contribution in [0.2, 0.25) is 0 Å². The Bertz CT molecular complexity index is 563. The van der Waals surface area contributed by atoms with Crippen LogP contribution in [0.25, 0.3) is 0 Å². The third-order valence-corrected chi connectivity index (χ3v) is 4.57. The summed E-state index contributed by atoms with van der Waals surface area (Å²) < 4.78 is 5.48. The van der Waals surface area contributed by atoms with Crippen LogP contribution < -0.4 is 4.90 Å². The van der Waals surface area contributed by atoms with E-state index < -0.39 is 5.60 Å². The van der Waals surface area contributed by atoms with Crippen molar-refractivity contribution >= 4 is 11.9 Å². The van der Waals surface area contributed by atoms with Gasteiger partial charge in [0.15, 0.2) is 0 Å².